The van der Waals surface area contributed by atoms with Crippen LogP contribution in [0.3, 0.4) is 0 Å². The van der Waals surface area contributed by atoms with Gasteiger partial charge in [0.1, 0.15) is 18.5 Å². The molecule has 6 heteroatoms. The fourth-order valence-electron chi connectivity index (χ4n) is 2.66. The van der Waals surface area contributed by atoms with Crippen LogP contribution in [0, 0.1) is 11.7 Å². The van der Waals surface area contributed by atoms with E-state index in [0.29, 0.717) is 18.2 Å². The summed E-state index contributed by atoms with van der Waals surface area (Å²) in [6.45, 7) is 6.03. The van der Waals surface area contributed by atoms with E-state index in [4.69, 9.17) is 26.2 Å². The standard InChI is InChI=1S/C22H28ClFO4/c1-15(11-23)13-28-21-9-6-17(10-20(21)24)22(2,3)16-4-7-19(8-5-16)27-14-18(26)12-25/h4-10,15,18,25-26H,11-14H2,1-3H3. The van der Waals surface area contributed by atoms with E-state index in [1.54, 1.807) is 18.2 Å². The topological polar surface area (TPSA) is 58.9 Å². The van der Waals surface area contributed by atoms with Gasteiger partial charge in [0, 0.05) is 17.2 Å². The molecule has 0 aliphatic rings. The van der Waals surface area contributed by atoms with Gasteiger partial charge in [0.25, 0.3) is 0 Å². The summed E-state index contributed by atoms with van der Waals surface area (Å²) < 4.78 is 25.4. The Balaban J connectivity index is 2.11. The maximum Gasteiger partial charge on any atom is 0.165 e. The van der Waals surface area contributed by atoms with Crippen LogP contribution >= 0.6 is 11.6 Å². The lowest BCUT2D eigenvalue weighted by atomic mass is 9.78. The average molecular weight is 411 g/mol. The van der Waals surface area contributed by atoms with Crippen LogP contribution in [0.2, 0.25) is 0 Å². The van der Waals surface area contributed by atoms with Crippen molar-refractivity contribution in [2.75, 3.05) is 25.7 Å². The van der Waals surface area contributed by atoms with Gasteiger partial charge in [-0.1, -0.05) is 39.0 Å². The number of rotatable bonds is 10. The zero-order valence-electron chi connectivity index (χ0n) is 16.5. The summed E-state index contributed by atoms with van der Waals surface area (Å²) in [5.41, 5.74) is 1.39. The molecule has 0 aromatic heterocycles. The molecule has 0 bridgehead atoms. The summed E-state index contributed by atoms with van der Waals surface area (Å²) in [6.07, 6.45) is -0.910. The molecule has 0 amide bonds. The summed E-state index contributed by atoms with van der Waals surface area (Å²) >= 11 is 5.76. The van der Waals surface area contributed by atoms with Crippen LogP contribution in [0.25, 0.3) is 0 Å². The maximum atomic E-state index is 14.5. The number of hydrogen-bond donors (Lipinski definition) is 2. The zero-order chi connectivity index (χ0) is 20.7. The zero-order valence-corrected chi connectivity index (χ0v) is 17.2. The second kappa shape index (κ2) is 10.1. The molecule has 0 aliphatic carbocycles. The quantitative estimate of drug-likeness (QED) is 0.578. The van der Waals surface area contributed by atoms with E-state index in [2.05, 4.69) is 0 Å². The number of ether oxygens (including phenoxy) is 2. The van der Waals surface area contributed by atoms with Gasteiger partial charge in [-0.05, 0) is 35.4 Å². The molecule has 2 aromatic rings. The lowest BCUT2D eigenvalue weighted by molar-refractivity contribution is 0.0536. The number of hydrogen-bond acceptors (Lipinski definition) is 4. The lowest BCUT2D eigenvalue weighted by Gasteiger charge is -2.27. The molecule has 0 spiro atoms. The van der Waals surface area contributed by atoms with Crippen molar-refractivity contribution < 1.29 is 24.1 Å². The summed E-state index contributed by atoms with van der Waals surface area (Å²) in [6, 6.07) is 12.4. The third-order valence-corrected chi connectivity index (χ3v) is 5.20. The number of halogens is 2. The summed E-state index contributed by atoms with van der Waals surface area (Å²) in [5, 5.41) is 18.2. The number of aliphatic hydroxyl groups excluding tert-OH is 2. The Morgan fingerprint density at radius 2 is 1.68 bits per heavy atom. The maximum absolute atomic E-state index is 14.5. The van der Waals surface area contributed by atoms with Crippen molar-refractivity contribution in [3.8, 4) is 11.5 Å². The predicted molar refractivity (Wildman–Crippen MR) is 109 cm³/mol. The number of aliphatic hydroxyl groups is 2. The van der Waals surface area contributed by atoms with Crippen LogP contribution in [0.15, 0.2) is 42.5 Å². The third kappa shape index (κ3) is 5.84. The largest absolute Gasteiger partial charge is 0.491 e. The highest BCUT2D eigenvalue weighted by atomic mass is 35.5. The predicted octanol–water partition coefficient (Wildman–Crippen LogP) is 4.14. The average Bonchev–Trinajstić information content (AvgIpc) is 2.70. The first-order valence-corrected chi connectivity index (χ1v) is 9.82. The molecule has 0 fully saturated rings. The highest BCUT2D eigenvalue weighted by molar-refractivity contribution is 6.18. The Labute approximate surface area is 170 Å². The van der Waals surface area contributed by atoms with Crippen LogP contribution in [-0.2, 0) is 5.41 Å². The normalized spacial score (nSPS) is 13.8. The Morgan fingerprint density at radius 3 is 2.25 bits per heavy atom. The fourth-order valence-corrected chi connectivity index (χ4v) is 2.75. The smallest absolute Gasteiger partial charge is 0.165 e. The molecule has 2 aromatic carbocycles. The van der Waals surface area contributed by atoms with Crippen LogP contribution in [0.1, 0.15) is 31.9 Å². The summed E-state index contributed by atoms with van der Waals surface area (Å²) in [5.74, 6) is 1.03. The van der Waals surface area contributed by atoms with Crippen LogP contribution in [0.4, 0.5) is 4.39 Å². The molecule has 0 saturated carbocycles. The molecule has 0 aliphatic heterocycles. The first kappa shape index (κ1) is 22.5. The molecule has 2 N–H and O–H groups in total. The van der Waals surface area contributed by atoms with Gasteiger partial charge < -0.3 is 19.7 Å². The number of benzene rings is 2. The van der Waals surface area contributed by atoms with E-state index in [-0.39, 0.29) is 24.9 Å². The third-order valence-electron chi connectivity index (χ3n) is 4.67. The molecule has 0 heterocycles. The first-order valence-electron chi connectivity index (χ1n) is 9.29. The van der Waals surface area contributed by atoms with Gasteiger partial charge in [-0.25, -0.2) is 4.39 Å². The van der Waals surface area contributed by atoms with Gasteiger partial charge in [0.15, 0.2) is 11.6 Å². The van der Waals surface area contributed by atoms with Gasteiger partial charge >= 0.3 is 0 Å². The first-order chi connectivity index (χ1) is 13.3. The van der Waals surface area contributed by atoms with E-state index in [0.717, 1.165) is 11.1 Å². The van der Waals surface area contributed by atoms with Crippen molar-refractivity contribution >= 4 is 11.6 Å². The molecule has 154 valence electrons. The Morgan fingerprint density at radius 1 is 1.04 bits per heavy atom. The molecule has 4 nitrogen and oxygen atoms in total. The van der Waals surface area contributed by atoms with Crippen molar-refractivity contribution in [2.45, 2.75) is 32.3 Å². The van der Waals surface area contributed by atoms with E-state index in [9.17, 15) is 9.50 Å². The molecule has 0 saturated heterocycles. The Kier molecular flexibility index (Phi) is 8.10. The van der Waals surface area contributed by atoms with Crippen molar-refractivity contribution in [3.05, 3.63) is 59.4 Å². The number of alkyl halides is 1. The van der Waals surface area contributed by atoms with Gasteiger partial charge in [-0.15, -0.1) is 11.6 Å². The Hall–Kier alpha value is -1.82. The molecule has 2 unspecified atom stereocenters. The summed E-state index contributed by atoms with van der Waals surface area (Å²) in [4.78, 5) is 0. The minimum absolute atomic E-state index is 0.0221. The minimum atomic E-state index is -0.910. The minimum Gasteiger partial charge on any atom is -0.491 e. The monoisotopic (exact) mass is 410 g/mol. The molecule has 2 rings (SSSR count). The fraction of sp³-hybridized carbons (Fsp3) is 0.455. The van der Waals surface area contributed by atoms with Crippen molar-refractivity contribution in [3.63, 3.8) is 0 Å². The van der Waals surface area contributed by atoms with Crippen LogP contribution < -0.4 is 9.47 Å². The molecule has 28 heavy (non-hydrogen) atoms. The van der Waals surface area contributed by atoms with Crippen molar-refractivity contribution in [1.82, 2.24) is 0 Å². The lowest BCUT2D eigenvalue weighted by Crippen LogP contribution is -2.21. The van der Waals surface area contributed by atoms with Gasteiger partial charge in [-0.2, -0.15) is 0 Å². The van der Waals surface area contributed by atoms with Crippen molar-refractivity contribution in [1.29, 1.82) is 0 Å². The van der Waals surface area contributed by atoms with Gasteiger partial charge in [0.2, 0.25) is 0 Å². The van der Waals surface area contributed by atoms with Gasteiger partial charge in [-0.3, -0.25) is 0 Å². The highest BCUT2D eigenvalue weighted by Gasteiger charge is 2.24. The van der Waals surface area contributed by atoms with Crippen LogP contribution in [-0.4, -0.2) is 42.0 Å². The van der Waals surface area contributed by atoms with E-state index in [1.807, 2.05) is 39.0 Å². The summed E-state index contributed by atoms with van der Waals surface area (Å²) in [7, 11) is 0. The van der Waals surface area contributed by atoms with Crippen LogP contribution in [0.5, 0.6) is 11.5 Å². The highest BCUT2D eigenvalue weighted by Crippen LogP contribution is 2.34. The second-order valence-corrected chi connectivity index (χ2v) is 7.82. The molecular formula is C22H28ClFO4. The second-order valence-electron chi connectivity index (χ2n) is 7.51. The van der Waals surface area contributed by atoms with E-state index >= 15 is 0 Å². The van der Waals surface area contributed by atoms with Gasteiger partial charge in [0.05, 0.1) is 13.2 Å². The molecular weight excluding hydrogens is 383 g/mol. The molecule has 2 atom stereocenters. The van der Waals surface area contributed by atoms with E-state index < -0.39 is 17.3 Å². The molecule has 0 radical (unpaired) electrons. The van der Waals surface area contributed by atoms with Crippen molar-refractivity contribution in [2.24, 2.45) is 5.92 Å². The Bertz CT molecular complexity index is 749. The SMILES string of the molecule is CC(CCl)COc1ccc(C(C)(C)c2ccc(OCC(O)CO)cc2)cc1F. The van der Waals surface area contributed by atoms with E-state index in [1.165, 1.54) is 6.07 Å².